The van der Waals surface area contributed by atoms with Crippen molar-refractivity contribution in [2.45, 2.75) is 30.9 Å². The van der Waals surface area contributed by atoms with Crippen LogP contribution in [0.4, 0.5) is 0 Å². The lowest BCUT2D eigenvalue weighted by Gasteiger charge is -2.12. The minimum atomic E-state index is -0.187. The van der Waals surface area contributed by atoms with Gasteiger partial charge in [0.15, 0.2) is 0 Å². The van der Waals surface area contributed by atoms with Gasteiger partial charge in [0.2, 0.25) is 5.91 Å². The summed E-state index contributed by atoms with van der Waals surface area (Å²) in [6.45, 7) is 4.23. The highest BCUT2D eigenvalue weighted by atomic mass is 32.2. The molecule has 1 heterocycles. The molecule has 1 aliphatic rings. The number of esters is 1. The van der Waals surface area contributed by atoms with Crippen molar-refractivity contribution in [1.82, 2.24) is 5.32 Å². The van der Waals surface area contributed by atoms with Crippen LogP contribution in [0.15, 0.2) is 0 Å². The molecule has 98 valence electrons. The molecule has 0 radical (unpaired) electrons. The zero-order valence-electron chi connectivity index (χ0n) is 10.4. The highest BCUT2D eigenvalue weighted by molar-refractivity contribution is 8.01. The van der Waals surface area contributed by atoms with Crippen LogP contribution < -0.4 is 5.32 Å². The first-order chi connectivity index (χ1) is 8.08. The van der Waals surface area contributed by atoms with E-state index in [9.17, 15) is 9.59 Å². The van der Waals surface area contributed by atoms with E-state index in [0.717, 1.165) is 6.42 Å². The Morgan fingerprint density at radius 2 is 2.18 bits per heavy atom. The number of carbonyl (C=O) groups excluding carboxylic acids is 2. The topological polar surface area (TPSA) is 64.6 Å². The Kier molecular flexibility index (Phi) is 5.77. The fraction of sp³-hybridized carbons (Fsp3) is 0.818. The van der Waals surface area contributed by atoms with Crippen molar-refractivity contribution in [2.75, 3.05) is 20.3 Å². The van der Waals surface area contributed by atoms with Crippen LogP contribution in [0.5, 0.6) is 0 Å². The summed E-state index contributed by atoms with van der Waals surface area (Å²) in [5.41, 5.74) is 0. The quantitative estimate of drug-likeness (QED) is 0.741. The molecular weight excluding hydrogens is 242 g/mol. The number of methoxy groups -OCH3 is 1. The third kappa shape index (κ3) is 4.20. The molecule has 0 saturated carbocycles. The van der Waals surface area contributed by atoms with Crippen LogP contribution in [0.2, 0.25) is 0 Å². The number of carbonyl (C=O) groups is 2. The molecule has 3 atom stereocenters. The van der Waals surface area contributed by atoms with Gasteiger partial charge < -0.3 is 14.8 Å². The molecule has 0 aliphatic carbocycles. The molecule has 0 bridgehead atoms. The lowest BCUT2D eigenvalue weighted by Crippen LogP contribution is -2.33. The van der Waals surface area contributed by atoms with Gasteiger partial charge in [-0.3, -0.25) is 9.59 Å². The van der Waals surface area contributed by atoms with Gasteiger partial charge in [-0.2, -0.15) is 0 Å². The van der Waals surface area contributed by atoms with Gasteiger partial charge in [-0.25, -0.2) is 0 Å². The average Bonchev–Trinajstić information content (AvgIpc) is 2.60. The third-order valence-electron chi connectivity index (χ3n) is 2.53. The van der Waals surface area contributed by atoms with Crippen LogP contribution in [-0.4, -0.2) is 42.8 Å². The van der Waals surface area contributed by atoms with E-state index in [1.54, 1.807) is 6.92 Å². The number of ether oxygens (including phenoxy) is 2. The molecule has 1 amide bonds. The van der Waals surface area contributed by atoms with E-state index in [1.807, 2.05) is 6.92 Å². The van der Waals surface area contributed by atoms with E-state index in [1.165, 1.54) is 18.9 Å². The van der Waals surface area contributed by atoms with Crippen molar-refractivity contribution in [2.24, 2.45) is 5.92 Å². The normalized spacial score (nSPS) is 27.8. The fourth-order valence-electron chi connectivity index (χ4n) is 1.79. The average molecular weight is 261 g/mol. The van der Waals surface area contributed by atoms with Crippen LogP contribution >= 0.6 is 11.8 Å². The van der Waals surface area contributed by atoms with Crippen LogP contribution in [0.3, 0.4) is 0 Å². The Balaban J connectivity index is 2.43. The molecule has 6 heteroatoms. The van der Waals surface area contributed by atoms with E-state index >= 15 is 0 Å². The number of hydrogen-bond donors (Lipinski definition) is 1. The Labute approximate surface area is 106 Å². The summed E-state index contributed by atoms with van der Waals surface area (Å²) in [6, 6.07) is 0. The van der Waals surface area contributed by atoms with Crippen molar-refractivity contribution in [3.05, 3.63) is 0 Å². The van der Waals surface area contributed by atoms with E-state index in [0.29, 0.717) is 6.61 Å². The predicted molar refractivity (Wildman–Crippen MR) is 65.6 cm³/mol. The summed E-state index contributed by atoms with van der Waals surface area (Å²) in [6.07, 6.45) is 0.781. The van der Waals surface area contributed by atoms with Gasteiger partial charge in [-0.15, -0.1) is 11.8 Å². The molecule has 1 fully saturated rings. The summed E-state index contributed by atoms with van der Waals surface area (Å²) >= 11 is 1.46. The monoisotopic (exact) mass is 261 g/mol. The van der Waals surface area contributed by atoms with E-state index in [2.05, 4.69) is 5.32 Å². The highest BCUT2D eigenvalue weighted by Gasteiger charge is 2.38. The van der Waals surface area contributed by atoms with Crippen molar-refractivity contribution in [3.8, 4) is 0 Å². The maximum absolute atomic E-state index is 11.6. The maximum atomic E-state index is 11.6. The number of rotatable bonds is 5. The summed E-state index contributed by atoms with van der Waals surface area (Å²) in [4.78, 5) is 23.0. The smallest absolute Gasteiger partial charge is 0.319 e. The van der Waals surface area contributed by atoms with Crippen molar-refractivity contribution in [1.29, 1.82) is 0 Å². The van der Waals surface area contributed by atoms with E-state index < -0.39 is 0 Å². The van der Waals surface area contributed by atoms with Crippen LogP contribution in [-0.2, 0) is 19.1 Å². The third-order valence-corrected chi connectivity index (χ3v) is 4.12. The van der Waals surface area contributed by atoms with Gasteiger partial charge in [-0.05, 0) is 19.3 Å². The summed E-state index contributed by atoms with van der Waals surface area (Å²) in [5.74, 6) is -0.123. The fourth-order valence-corrected chi connectivity index (χ4v) is 3.31. The number of amides is 1. The highest BCUT2D eigenvalue weighted by Crippen LogP contribution is 2.37. The maximum Gasteiger partial charge on any atom is 0.319 e. The number of nitrogens with one attached hydrogen (secondary N) is 1. The molecule has 5 nitrogen and oxygen atoms in total. The zero-order valence-corrected chi connectivity index (χ0v) is 11.2. The minimum absolute atomic E-state index is 0.0259. The molecule has 1 saturated heterocycles. The first-order valence-electron chi connectivity index (χ1n) is 5.68. The molecule has 0 aromatic carbocycles. The van der Waals surface area contributed by atoms with Crippen LogP contribution in [0, 0.1) is 5.92 Å². The second kappa shape index (κ2) is 6.86. The lowest BCUT2D eigenvalue weighted by atomic mass is 10.0. The molecular formula is C11H19NO4S. The van der Waals surface area contributed by atoms with Gasteiger partial charge >= 0.3 is 5.97 Å². The van der Waals surface area contributed by atoms with Crippen LogP contribution in [0.1, 0.15) is 20.3 Å². The van der Waals surface area contributed by atoms with E-state index in [4.69, 9.17) is 9.47 Å². The lowest BCUT2D eigenvalue weighted by molar-refractivity contribution is -0.143. The SMILES string of the molecule is CCOC(=O)C1SC(NC(=O)COC)CC1C. The number of hydrogen-bond acceptors (Lipinski definition) is 5. The second-order valence-corrected chi connectivity index (χ2v) is 5.36. The Hall–Kier alpha value is -0.750. The molecule has 0 spiro atoms. The Morgan fingerprint density at radius 1 is 1.47 bits per heavy atom. The summed E-state index contributed by atoms with van der Waals surface area (Å²) in [7, 11) is 1.48. The zero-order chi connectivity index (χ0) is 12.8. The Bertz CT molecular complexity index is 285. The molecule has 1 N–H and O–H groups in total. The minimum Gasteiger partial charge on any atom is -0.465 e. The first-order valence-corrected chi connectivity index (χ1v) is 6.63. The van der Waals surface area contributed by atoms with Crippen molar-refractivity contribution in [3.63, 3.8) is 0 Å². The summed E-state index contributed by atoms with van der Waals surface area (Å²) < 4.78 is 9.74. The van der Waals surface area contributed by atoms with Gasteiger partial charge in [0.25, 0.3) is 0 Å². The predicted octanol–water partition coefficient (Wildman–Crippen LogP) is 0.780. The van der Waals surface area contributed by atoms with Gasteiger partial charge in [0.1, 0.15) is 11.9 Å². The molecule has 0 aromatic heterocycles. The second-order valence-electron chi connectivity index (χ2n) is 4.01. The largest absolute Gasteiger partial charge is 0.465 e. The molecule has 17 heavy (non-hydrogen) atoms. The number of thioether (sulfide) groups is 1. The molecule has 3 unspecified atom stereocenters. The van der Waals surface area contributed by atoms with Crippen molar-refractivity contribution >= 4 is 23.6 Å². The molecule has 0 aromatic rings. The van der Waals surface area contributed by atoms with E-state index in [-0.39, 0.29) is 35.0 Å². The summed E-state index contributed by atoms with van der Waals surface area (Å²) in [5, 5.41) is 2.62. The van der Waals surface area contributed by atoms with Crippen molar-refractivity contribution < 1.29 is 19.1 Å². The van der Waals surface area contributed by atoms with Gasteiger partial charge in [-0.1, -0.05) is 6.92 Å². The molecule has 1 aliphatic heterocycles. The van der Waals surface area contributed by atoms with Gasteiger partial charge in [0.05, 0.1) is 12.0 Å². The first kappa shape index (κ1) is 14.3. The standard InChI is InChI=1S/C11H19NO4S/c1-4-16-11(14)10-7(2)5-9(17-10)12-8(13)6-15-3/h7,9-10H,4-6H2,1-3H3,(H,12,13). The van der Waals surface area contributed by atoms with Gasteiger partial charge in [0, 0.05) is 7.11 Å². The molecule has 1 rings (SSSR count). The Morgan fingerprint density at radius 3 is 2.76 bits per heavy atom. The van der Waals surface area contributed by atoms with Crippen LogP contribution in [0.25, 0.3) is 0 Å².